The third kappa shape index (κ3) is 4.23. The maximum absolute atomic E-state index is 11.0. The minimum absolute atomic E-state index is 0.139. The molecular weight excluding hydrogens is 286 g/mol. The number of halogens is 1. The quantitative estimate of drug-likeness (QED) is 0.621. The molecule has 3 nitrogen and oxygen atoms in total. The Kier molecular flexibility index (Phi) is 5.64. The first-order chi connectivity index (χ1) is 10.2. The fourth-order valence-electron chi connectivity index (χ4n) is 2.05. The second-order valence-corrected chi connectivity index (χ2v) is 5.05. The van der Waals surface area contributed by atoms with Crippen LogP contribution >= 0.6 is 11.6 Å². The fraction of sp³-hybridized carbons (Fsp3) is 0.235. The first kappa shape index (κ1) is 15.4. The van der Waals surface area contributed by atoms with Crippen molar-refractivity contribution >= 4 is 28.3 Å². The summed E-state index contributed by atoms with van der Waals surface area (Å²) in [6.45, 7) is 4.65. The van der Waals surface area contributed by atoms with Crippen LogP contribution in [0, 0.1) is 0 Å². The highest BCUT2D eigenvalue weighted by Crippen LogP contribution is 2.31. The van der Waals surface area contributed by atoms with Gasteiger partial charge in [0.05, 0.1) is 6.61 Å². The minimum atomic E-state index is -0.139. The van der Waals surface area contributed by atoms with Crippen LogP contribution in [0.3, 0.4) is 0 Å². The molecule has 4 heteroatoms. The Hall–Kier alpha value is -2.00. The van der Waals surface area contributed by atoms with E-state index in [0.29, 0.717) is 13.2 Å². The third-order valence-corrected chi connectivity index (χ3v) is 3.47. The maximum Gasteiger partial charge on any atom is 0.243 e. The van der Waals surface area contributed by atoms with Gasteiger partial charge in [0, 0.05) is 22.3 Å². The first-order valence-corrected chi connectivity index (χ1v) is 7.30. The van der Waals surface area contributed by atoms with Crippen LogP contribution in [0.15, 0.2) is 49.1 Å². The number of nitrogens with one attached hydrogen (secondary N) is 1. The number of carbonyl (C=O) groups excluding carboxylic acids is 1. The molecule has 1 N–H and O–H groups in total. The fourth-order valence-corrected chi connectivity index (χ4v) is 2.28. The molecule has 0 aliphatic carbocycles. The average molecular weight is 304 g/mol. The van der Waals surface area contributed by atoms with Crippen molar-refractivity contribution in [1.82, 2.24) is 5.32 Å². The summed E-state index contributed by atoms with van der Waals surface area (Å²) < 4.78 is 5.82. The normalized spacial score (nSPS) is 10.3. The summed E-state index contributed by atoms with van der Waals surface area (Å²) in [6, 6.07) is 11.7. The van der Waals surface area contributed by atoms with Crippen molar-refractivity contribution in [2.75, 3.05) is 13.2 Å². The molecule has 0 unspecified atom stereocenters. The first-order valence-electron chi connectivity index (χ1n) is 6.92. The Labute approximate surface area is 129 Å². The predicted octanol–water partition coefficient (Wildman–Crippen LogP) is 3.95. The van der Waals surface area contributed by atoms with Gasteiger partial charge in [0.15, 0.2) is 0 Å². The van der Waals surface area contributed by atoms with Crippen molar-refractivity contribution in [1.29, 1.82) is 0 Å². The molecule has 0 aliphatic heterocycles. The number of hydrogen-bond acceptors (Lipinski definition) is 2. The molecule has 0 heterocycles. The summed E-state index contributed by atoms with van der Waals surface area (Å²) in [4.78, 5) is 11.0. The lowest BCUT2D eigenvalue weighted by Gasteiger charge is -2.10. The number of unbranched alkanes of at least 4 members (excludes halogenated alkanes) is 1. The van der Waals surface area contributed by atoms with E-state index in [4.69, 9.17) is 16.3 Å². The van der Waals surface area contributed by atoms with Crippen molar-refractivity contribution in [3.05, 3.63) is 54.1 Å². The smallest absolute Gasteiger partial charge is 0.243 e. The van der Waals surface area contributed by atoms with E-state index >= 15 is 0 Å². The van der Waals surface area contributed by atoms with Crippen LogP contribution in [0.4, 0.5) is 0 Å². The van der Waals surface area contributed by atoms with E-state index in [2.05, 4.69) is 11.9 Å². The number of amides is 1. The molecular formula is C17H18ClNO2. The van der Waals surface area contributed by atoms with E-state index in [1.807, 2.05) is 36.4 Å². The zero-order valence-corrected chi connectivity index (χ0v) is 12.5. The molecule has 0 aliphatic rings. The summed E-state index contributed by atoms with van der Waals surface area (Å²) in [6.07, 6.45) is 3.01. The highest BCUT2D eigenvalue weighted by Gasteiger charge is 2.04. The lowest BCUT2D eigenvalue weighted by Crippen LogP contribution is -2.22. The largest absolute Gasteiger partial charge is 0.493 e. The molecule has 0 aromatic heterocycles. The molecule has 1 amide bonds. The van der Waals surface area contributed by atoms with Crippen molar-refractivity contribution in [3.63, 3.8) is 0 Å². The van der Waals surface area contributed by atoms with Crippen molar-refractivity contribution in [3.8, 4) is 5.75 Å². The van der Waals surface area contributed by atoms with Crippen LogP contribution in [0.2, 0.25) is 5.02 Å². The van der Waals surface area contributed by atoms with Crippen LogP contribution in [-0.2, 0) is 4.79 Å². The van der Waals surface area contributed by atoms with E-state index in [-0.39, 0.29) is 5.91 Å². The van der Waals surface area contributed by atoms with Gasteiger partial charge < -0.3 is 10.1 Å². The van der Waals surface area contributed by atoms with Crippen molar-refractivity contribution in [2.45, 2.75) is 12.8 Å². The van der Waals surface area contributed by atoms with Gasteiger partial charge in [-0.15, -0.1) is 0 Å². The topological polar surface area (TPSA) is 38.3 Å². The van der Waals surface area contributed by atoms with Crippen LogP contribution in [0.1, 0.15) is 12.8 Å². The molecule has 0 spiro atoms. The highest BCUT2D eigenvalue weighted by atomic mass is 35.5. The van der Waals surface area contributed by atoms with Crippen molar-refractivity contribution < 1.29 is 9.53 Å². The number of hydrogen-bond donors (Lipinski definition) is 1. The molecule has 0 radical (unpaired) electrons. The summed E-state index contributed by atoms with van der Waals surface area (Å²) in [5, 5.41) is 5.48. The number of benzene rings is 2. The Bertz CT molecular complexity index is 640. The zero-order chi connectivity index (χ0) is 15.1. The molecule has 110 valence electrons. The molecule has 21 heavy (non-hydrogen) atoms. The Morgan fingerprint density at radius 2 is 1.95 bits per heavy atom. The van der Waals surface area contributed by atoms with E-state index in [0.717, 1.165) is 34.4 Å². The lowest BCUT2D eigenvalue weighted by molar-refractivity contribution is -0.116. The van der Waals surface area contributed by atoms with Crippen molar-refractivity contribution in [2.24, 2.45) is 0 Å². The minimum Gasteiger partial charge on any atom is -0.493 e. The van der Waals surface area contributed by atoms with Gasteiger partial charge >= 0.3 is 0 Å². The molecule has 0 bridgehead atoms. The predicted molar refractivity (Wildman–Crippen MR) is 86.9 cm³/mol. The molecule has 0 atom stereocenters. The van der Waals surface area contributed by atoms with Gasteiger partial charge in [-0.3, -0.25) is 4.79 Å². The van der Waals surface area contributed by atoms with Crippen LogP contribution in [-0.4, -0.2) is 19.1 Å². The van der Waals surface area contributed by atoms with Gasteiger partial charge in [-0.25, -0.2) is 0 Å². The SMILES string of the molecule is C=CC(=O)NCCCCOc1ccc(Cl)c2ccccc12. The molecule has 0 saturated carbocycles. The van der Waals surface area contributed by atoms with Crippen LogP contribution in [0.25, 0.3) is 10.8 Å². The lowest BCUT2D eigenvalue weighted by atomic mass is 10.1. The van der Waals surface area contributed by atoms with Gasteiger partial charge in [0.2, 0.25) is 5.91 Å². The Morgan fingerprint density at radius 1 is 1.19 bits per heavy atom. The Morgan fingerprint density at radius 3 is 2.71 bits per heavy atom. The van der Waals surface area contributed by atoms with E-state index in [9.17, 15) is 4.79 Å². The maximum atomic E-state index is 11.0. The van der Waals surface area contributed by atoms with Gasteiger partial charge in [0.1, 0.15) is 5.75 Å². The molecule has 2 aromatic carbocycles. The summed E-state index contributed by atoms with van der Waals surface area (Å²) in [7, 11) is 0. The Balaban J connectivity index is 1.85. The molecule has 0 fully saturated rings. The summed E-state index contributed by atoms with van der Waals surface area (Å²) in [5.74, 6) is 0.699. The molecule has 0 saturated heterocycles. The van der Waals surface area contributed by atoms with Gasteiger partial charge in [-0.2, -0.15) is 0 Å². The van der Waals surface area contributed by atoms with E-state index < -0.39 is 0 Å². The standard InChI is InChI=1S/C17H18ClNO2/c1-2-17(20)19-11-5-6-12-21-16-10-9-15(18)13-7-3-4-8-14(13)16/h2-4,7-10H,1,5-6,11-12H2,(H,19,20). The molecule has 2 aromatic rings. The number of rotatable bonds is 7. The monoisotopic (exact) mass is 303 g/mol. The summed E-state index contributed by atoms with van der Waals surface area (Å²) in [5.41, 5.74) is 0. The van der Waals surface area contributed by atoms with Gasteiger partial charge in [0.25, 0.3) is 0 Å². The number of carbonyl (C=O) groups is 1. The average Bonchev–Trinajstić information content (AvgIpc) is 2.52. The second kappa shape index (κ2) is 7.70. The highest BCUT2D eigenvalue weighted by molar-refractivity contribution is 6.35. The second-order valence-electron chi connectivity index (χ2n) is 4.64. The van der Waals surface area contributed by atoms with Crippen LogP contribution < -0.4 is 10.1 Å². The zero-order valence-electron chi connectivity index (χ0n) is 11.8. The molecule has 2 rings (SSSR count). The third-order valence-electron chi connectivity index (χ3n) is 3.14. The summed E-state index contributed by atoms with van der Waals surface area (Å²) >= 11 is 6.17. The number of ether oxygens (including phenoxy) is 1. The van der Waals surface area contributed by atoms with Gasteiger partial charge in [-0.1, -0.05) is 42.4 Å². The van der Waals surface area contributed by atoms with Gasteiger partial charge in [-0.05, 0) is 31.1 Å². The number of fused-ring (bicyclic) bond motifs is 1. The van der Waals surface area contributed by atoms with E-state index in [1.54, 1.807) is 0 Å². The van der Waals surface area contributed by atoms with Crippen LogP contribution in [0.5, 0.6) is 5.75 Å². The van der Waals surface area contributed by atoms with E-state index in [1.165, 1.54) is 6.08 Å².